The number of para-hydroxylation sites is 1. The maximum Gasteiger partial charge on any atom is 0.255 e. The van der Waals surface area contributed by atoms with E-state index in [4.69, 9.17) is 0 Å². The van der Waals surface area contributed by atoms with Crippen molar-refractivity contribution in [3.8, 4) is 5.75 Å². The van der Waals surface area contributed by atoms with Crippen LogP contribution in [0.4, 0.5) is 0 Å². The first-order valence-corrected chi connectivity index (χ1v) is 5.94. The van der Waals surface area contributed by atoms with E-state index in [0.717, 1.165) is 19.5 Å². The summed E-state index contributed by atoms with van der Waals surface area (Å²) in [6, 6.07) is 5.17. The molecule has 0 saturated carbocycles. The van der Waals surface area contributed by atoms with Gasteiger partial charge in [-0.15, -0.1) is 0 Å². The molecule has 1 aromatic carbocycles. The highest BCUT2D eigenvalue weighted by molar-refractivity contribution is 5.97. The molecule has 1 amide bonds. The van der Waals surface area contributed by atoms with Crippen molar-refractivity contribution in [1.82, 2.24) is 10.6 Å². The molecule has 1 aromatic rings. The molecule has 0 aromatic heterocycles. The van der Waals surface area contributed by atoms with Gasteiger partial charge in [0, 0.05) is 6.54 Å². The van der Waals surface area contributed by atoms with Crippen LogP contribution in [-0.4, -0.2) is 30.6 Å². The topological polar surface area (TPSA) is 61.4 Å². The Bertz CT molecular complexity index is 378. The molecule has 94 valence electrons. The summed E-state index contributed by atoms with van der Waals surface area (Å²) in [5, 5.41) is 15.7. The van der Waals surface area contributed by atoms with Crippen LogP contribution in [0.1, 0.15) is 29.3 Å². The molecule has 0 radical (unpaired) electrons. The van der Waals surface area contributed by atoms with Crippen molar-refractivity contribution in [2.24, 2.45) is 0 Å². The zero-order valence-corrected chi connectivity index (χ0v) is 10.4. The van der Waals surface area contributed by atoms with Gasteiger partial charge >= 0.3 is 0 Å². The van der Waals surface area contributed by atoms with Crippen molar-refractivity contribution in [2.75, 3.05) is 19.6 Å². The molecule has 0 atom stereocenters. The number of benzene rings is 1. The number of phenolic OH excluding ortho intramolecular Hbond substituents is 1. The predicted octanol–water partition coefficient (Wildman–Crippen LogP) is 1.43. The minimum atomic E-state index is -0.220. The molecular weight excluding hydrogens is 216 g/mol. The van der Waals surface area contributed by atoms with Crippen molar-refractivity contribution in [1.29, 1.82) is 0 Å². The summed E-state index contributed by atoms with van der Waals surface area (Å²) >= 11 is 0. The Hall–Kier alpha value is -1.55. The van der Waals surface area contributed by atoms with Gasteiger partial charge in [-0.05, 0) is 38.1 Å². The molecular formula is C13H20N2O2. The molecule has 0 aliphatic carbocycles. The molecule has 0 heterocycles. The molecule has 0 aliphatic rings. The molecule has 0 saturated heterocycles. The fraction of sp³-hybridized carbons (Fsp3) is 0.462. The van der Waals surface area contributed by atoms with Gasteiger partial charge in [-0.1, -0.05) is 19.1 Å². The van der Waals surface area contributed by atoms with Gasteiger partial charge in [0.2, 0.25) is 0 Å². The third-order valence-corrected chi connectivity index (χ3v) is 2.55. The maximum absolute atomic E-state index is 11.8. The Labute approximate surface area is 102 Å². The number of carbonyl (C=O) groups is 1. The number of aromatic hydroxyl groups is 1. The number of aryl methyl sites for hydroxylation is 1. The van der Waals surface area contributed by atoms with Crippen LogP contribution in [0.15, 0.2) is 18.2 Å². The number of amides is 1. The second-order valence-electron chi connectivity index (χ2n) is 3.93. The predicted molar refractivity (Wildman–Crippen MR) is 68.3 cm³/mol. The third kappa shape index (κ3) is 4.07. The van der Waals surface area contributed by atoms with Gasteiger partial charge < -0.3 is 15.7 Å². The Morgan fingerprint density at radius 3 is 2.82 bits per heavy atom. The van der Waals surface area contributed by atoms with E-state index in [1.54, 1.807) is 25.1 Å². The monoisotopic (exact) mass is 236 g/mol. The van der Waals surface area contributed by atoms with Crippen LogP contribution < -0.4 is 10.6 Å². The highest BCUT2D eigenvalue weighted by atomic mass is 16.3. The van der Waals surface area contributed by atoms with Crippen LogP contribution in [0.2, 0.25) is 0 Å². The van der Waals surface area contributed by atoms with Crippen LogP contribution in [0.5, 0.6) is 5.75 Å². The first-order valence-electron chi connectivity index (χ1n) is 5.94. The second kappa shape index (κ2) is 6.91. The third-order valence-electron chi connectivity index (χ3n) is 2.55. The lowest BCUT2D eigenvalue weighted by molar-refractivity contribution is 0.0950. The SMILES string of the molecule is CCNCCCNC(=O)c1cccc(C)c1O. The number of nitrogens with one attached hydrogen (secondary N) is 2. The van der Waals surface area contributed by atoms with E-state index in [0.29, 0.717) is 17.7 Å². The van der Waals surface area contributed by atoms with E-state index in [-0.39, 0.29) is 11.7 Å². The lowest BCUT2D eigenvalue weighted by atomic mass is 10.1. The average Bonchev–Trinajstić information content (AvgIpc) is 2.32. The minimum absolute atomic E-state index is 0.0664. The Morgan fingerprint density at radius 2 is 2.12 bits per heavy atom. The van der Waals surface area contributed by atoms with Gasteiger partial charge in [-0.3, -0.25) is 4.79 Å². The van der Waals surface area contributed by atoms with E-state index in [9.17, 15) is 9.90 Å². The van der Waals surface area contributed by atoms with Crippen LogP contribution >= 0.6 is 0 Å². The van der Waals surface area contributed by atoms with Gasteiger partial charge in [0.05, 0.1) is 5.56 Å². The standard InChI is InChI=1S/C13H20N2O2/c1-3-14-8-5-9-15-13(17)11-7-4-6-10(2)12(11)16/h4,6-7,14,16H,3,5,8-9H2,1-2H3,(H,15,17). The van der Waals surface area contributed by atoms with Gasteiger partial charge in [0.25, 0.3) is 5.91 Å². The quantitative estimate of drug-likeness (QED) is 0.655. The van der Waals surface area contributed by atoms with Crippen molar-refractivity contribution in [3.05, 3.63) is 29.3 Å². The first kappa shape index (κ1) is 13.5. The summed E-state index contributed by atoms with van der Waals surface area (Å²) in [5.41, 5.74) is 1.05. The lowest BCUT2D eigenvalue weighted by Gasteiger charge is -2.08. The minimum Gasteiger partial charge on any atom is -0.507 e. The van der Waals surface area contributed by atoms with Gasteiger partial charge in [0.15, 0.2) is 0 Å². The maximum atomic E-state index is 11.8. The van der Waals surface area contributed by atoms with E-state index in [1.165, 1.54) is 0 Å². The molecule has 0 spiro atoms. The number of hydrogen-bond donors (Lipinski definition) is 3. The fourth-order valence-corrected chi connectivity index (χ4v) is 1.53. The zero-order valence-electron chi connectivity index (χ0n) is 10.4. The van der Waals surface area contributed by atoms with Gasteiger partial charge in [0.1, 0.15) is 5.75 Å². The van der Waals surface area contributed by atoms with Crippen LogP contribution in [0, 0.1) is 6.92 Å². The zero-order chi connectivity index (χ0) is 12.7. The Morgan fingerprint density at radius 1 is 1.35 bits per heavy atom. The van der Waals surface area contributed by atoms with Crippen LogP contribution in [0.25, 0.3) is 0 Å². The average molecular weight is 236 g/mol. The molecule has 4 heteroatoms. The van der Waals surface area contributed by atoms with Gasteiger partial charge in [-0.25, -0.2) is 0 Å². The van der Waals surface area contributed by atoms with E-state index in [1.807, 2.05) is 6.92 Å². The summed E-state index contributed by atoms with van der Waals surface area (Å²) in [5.74, 6) is -0.153. The number of rotatable bonds is 6. The van der Waals surface area contributed by atoms with Crippen molar-refractivity contribution >= 4 is 5.91 Å². The molecule has 4 nitrogen and oxygen atoms in total. The molecule has 0 bridgehead atoms. The fourth-order valence-electron chi connectivity index (χ4n) is 1.53. The lowest BCUT2D eigenvalue weighted by Crippen LogP contribution is -2.27. The second-order valence-corrected chi connectivity index (χ2v) is 3.93. The number of phenols is 1. The summed E-state index contributed by atoms with van der Waals surface area (Å²) in [7, 11) is 0. The number of hydrogen-bond acceptors (Lipinski definition) is 3. The molecule has 17 heavy (non-hydrogen) atoms. The summed E-state index contributed by atoms with van der Waals surface area (Å²) in [6.45, 7) is 6.25. The van der Waals surface area contributed by atoms with Gasteiger partial charge in [-0.2, -0.15) is 0 Å². The van der Waals surface area contributed by atoms with Crippen molar-refractivity contribution in [2.45, 2.75) is 20.3 Å². The number of carbonyl (C=O) groups excluding carboxylic acids is 1. The van der Waals surface area contributed by atoms with Crippen LogP contribution in [-0.2, 0) is 0 Å². The normalized spacial score (nSPS) is 10.2. The molecule has 1 rings (SSSR count). The molecule has 0 fully saturated rings. The molecule has 0 unspecified atom stereocenters. The highest BCUT2D eigenvalue weighted by Gasteiger charge is 2.11. The van der Waals surface area contributed by atoms with E-state index in [2.05, 4.69) is 10.6 Å². The smallest absolute Gasteiger partial charge is 0.255 e. The Kier molecular flexibility index (Phi) is 5.49. The van der Waals surface area contributed by atoms with Crippen LogP contribution in [0.3, 0.4) is 0 Å². The summed E-state index contributed by atoms with van der Waals surface area (Å²) in [4.78, 5) is 11.8. The summed E-state index contributed by atoms with van der Waals surface area (Å²) < 4.78 is 0. The Balaban J connectivity index is 2.44. The molecule has 0 aliphatic heterocycles. The molecule has 3 N–H and O–H groups in total. The largest absolute Gasteiger partial charge is 0.507 e. The highest BCUT2D eigenvalue weighted by Crippen LogP contribution is 2.20. The first-order chi connectivity index (χ1) is 8.16. The summed E-state index contributed by atoms with van der Waals surface area (Å²) in [6.07, 6.45) is 0.881. The van der Waals surface area contributed by atoms with E-state index < -0.39 is 0 Å². The van der Waals surface area contributed by atoms with Crippen molar-refractivity contribution in [3.63, 3.8) is 0 Å². The van der Waals surface area contributed by atoms with Crippen molar-refractivity contribution < 1.29 is 9.90 Å². The van der Waals surface area contributed by atoms with E-state index >= 15 is 0 Å².